The third kappa shape index (κ3) is 3.99. The lowest BCUT2D eigenvalue weighted by Crippen LogP contribution is -2.41. The Morgan fingerprint density at radius 3 is 2.78 bits per heavy atom. The Bertz CT molecular complexity index is 834. The molecule has 0 saturated carbocycles. The van der Waals surface area contributed by atoms with E-state index in [1.165, 1.54) is 11.8 Å². The molecule has 1 fully saturated rings. The maximum Gasteiger partial charge on any atom is 0.338 e. The van der Waals surface area contributed by atoms with Crippen LogP contribution in [0.1, 0.15) is 45.7 Å². The first-order chi connectivity index (χ1) is 12.8. The van der Waals surface area contributed by atoms with Crippen LogP contribution >= 0.6 is 27.7 Å². The van der Waals surface area contributed by atoms with Gasteiger partial charge in [-0.25, -0.2) is 9.79 Å². The zero-order chi connectivity index (χ0) is 19.7. The van der Waals surface area contributed by atoms with Crippen LogP contribution in [-0.4, -0.2) is 33.8 Å². The lowest BCUT2D eigenvalue weighted by atomic mass is 9.94. The van der Waals surface area contributed by atoms with Gasteiger partial charge in [0.05, 0.1) is 29.2 Å². The highest BCUT2D eigenvalue weighted by molar-refractivity contribution is 9.10. The summed E-state index contributed by atoms with van der Waals surface area (Å²) in [6.45, 7) is 8.11. The van der Waals surface area contributed by atoms with Crippen molar-refractivity contribution < 1.29 is 14.3 Å². The summed E-state index contributed by atoms with van der Waals surface area (Å²) in [4.78, 5) is 32.2. The number of aliphatic imine (C=N–C) groups is 1. The molecule has 0 unspecified atom stereocenters. The highest BCUT2D eigenvalue weighted by atomic mass is 79.9. The molecular weight excluding hydrogens is 428 g/mol. The Morgan fingerprint density at radius 2 is 2.15 bits per heavy atom. The lowest BCUT2D eigenvalue weighted by Gasteiger charge is -2.33. The summed E-state index contributed by atoms with van der Waals surface area (Å²) >= 11 is 4.96. The summed E-state index contributed by atoms with van der Waals surface area (Å²) in [5.41, 5.74) is 1.90. The number of thioether (sulfide) groups is 1. The number of amides is 1. The van der Waals surface area contributed by atoms with Crippen LogP contribution in [-0.2, 0) is 14.3 Å². The number of ether oxygens (including phenoxy) is 1. The molecule has 1 aromatic rings. The fourth-order valence-electron chi connectivity index (χ4n) is 3.16. The molecule has 1 aromatic carbocycles. The maximum absolute atomic E-state index is 13.0. The second kappa shape index (κ2) is 8.19. The molecule has 1 saturated heterocycles. The molecule has 0 radical (unpaired) electrons. The van der Waals surface area contributed by atoms with Crippen LogP contribution in [0.4, 0.5) is 0 Å². The molecule has 0 aromatic heterocycles. The van der Waals surface area contributed by atoms with Crippen molar-refractivity contribution in [2.45, 2.75) is 45.4 Å². The van der Waals surface area contributed by atoms with Crippen LogP contribution in [0.2, 0.25) is 0 Å². The predicted molar refractivity (Wildman–Crippen MR) is 111 cm³/mol. The summed E-state index contributed by atoms with van der Waals surface area (Å²) in [6, 6.07) is 7.17. The Labute approximate surface area is 172 Å². The molecule has 2 aliphatic heterocycles. The topological polar surface area (TPSA) is 59.0 Å². The van der Waals surface area contributed by atoms with Crippen molar-refractivity contribution in [2.75, 3.05) is 6.61 Å². The van der Waals surface area contributed by atoms with E-state index in [-0.39, 0.29) is 17.1 Å². The summed E-state index contributed by atoms with van der Waals surface area (Å²) < 4.78 is 6.40. The number of rotatable bonds is 5. The maximum atomic E-state index is 13.0. The number of hydrogen-bond acceptors (Lipinski definition) is 5. The molecule has 2 heterocycles. The van der Waals surface area contributed by atoms with Gasteiger partial charge in [0, 0.05) is 4.47 Å². The molecule has 27 heavy (non-hydrogen) atoms. The first-order valence-electron chi connectivity index (χ1n) is 9.05. The predicted octanol–water partition coefficient (Wildman–Crippen LogP) is 4.69. The van der Waals surface area contributed by atoms with Gasteiger partial charge in [-0.2, -0.15) is 0 Å². The van der Waals surface area contributed by atoms with Crippen LogP contribution < -0.4 is 0 Å². The number of halogens is 1. The zero-order valence-electron chi connectivity index (χ0n) is 15.9. The quantitative estimate of drug-likeness (QED) is 0.610. The van der Waals surface area contributed by atoms with Gasteiger partial charge in [0.1, 0.15) is 0 Å². The van der Waals surface area contributed by atoms with E-state index in [4.69, 9.17) is 4.74 Å². The molecule has 3 rings (SSSR count). The second-order valence-electron chi connectivity index (χ2n) is 7.07. The molecule has 0 bridgehead atoms. The molecule has 7 heteroatoms. The van der Waals surface area contributed by atoms with Gasteiger partial charge in [-0.15, -0.1) is 0 Å². The number of benzene rings is 1. The van der Waals surface area contributed by atoms with Gasteiger partial charge in [0.15, 0.2) is 5.17 Å². The van der Waals surface area contributed by atoms with Crippen molar-refractivity contribution in [3.8, 4) is 0 Å². The number of carbonyl (C=O) groups is 2. The van der Waals surface area contributed by atoms with E-state index < -0.39 is 12.0 Å². The number of carbonyl (C=O) groups excluding carboxylic acids is 2. The van der Waals surface area contributed by atoms with Crippen LogP contribution in [0.3, 0.4) is 0 Å². The second-order valence-corrected chi connectivity index (χ2v) is 9.15. The van der Waals surface area contributed by atoms with Crippen LogP contribution in [0.5, 0.6) is 0 Å². The van der Waals surface area contributed by atoms with Crippen LogP contribution in [0, 0.1) is 5.92 Å². The van der Waals surface area contributed by atoms with Gasteiger partial charge in [0.2, 0.25) is 5.91 Å². The van der Waals surface area contributed by atoms with Gasteiger partial charge in [-0.05, 0) is 37.0 Å². The molecule has 0 spiro atoms. The average Bonchev–Trinajstić information content (AvgIpc) is 2.93. The first-order valence-corrected chi connectivity index (χ1v) is 10.7. The van der Waals surface area contributed by atoms with E-state index in [1.807, 2.05) is 52.0 Å². The molecule has 0 aliphatic carbocycles. The molecular formula is C20H23BrN2O3S. The molecule has 2 atom stereocenters. The van der Waals surface area contributed by atoms with E-state index >= 15 is 0 Å². The fraction of sp³-hybridized carbons (Fsp3) is 0.450. The summed E-state index contributed by atoms with van der Waals surface area (Å²) in [5.74, 6) is -0.185. The summed E-state index contributed by atoms with van der Waals surface area (Å²) in [7, 11) is 0. The summed E-state index contributed by atoms with van der Waals surface area (Å²) in [6.07, 6.45) is 0.719. The van der Waals surface area contributed by atoms with Crippen molar-refractivity contribution in [1.82, 2.24) is 4.90 Å². The standard InChI is InChI=1S/C20H23BrN2O3S/c1-5-15-18(24)23-17(13-7-6-8-14(21)9-13)16(12(4)22-20(23)27-15)19(25)26-10-11(2)3/h6-9,11,15,17H,5,10H2,1-4H3/t15-,17+/m1/s1. The SMILES string of the molecule is CC[C@H]1SC2=NC(C)=C(C(=O)OCC(C)C)[C@H](c3cccc(Br)c3)N2C1=O. The normalized spacial score (nSPS) is 22.2. The van der Waals surface area contributed by atoms with E-state index in [1.54, 1.807) is 4.90 Å². The van der Waals surface area contributed by atoms with Crippen molar-refractivity contribution in [3.63, 3.8) is 0 Å². The van der Waals surface area contributed by atoms with Gasteiger partial charge in [0.25, 0.3) is 0 Å². The molecule has 2 aliphatic rings. The number of amidine groups is 1. The number of hydrogen-bond donors (Lipinski definition) is 0. The molecule has 0 N–H and O–H groups in total. The first kappa shape index (κ1) is 20.1. The van der Waals surface area contributed by atoms with Crippen molar-refractivity contribution >= 4 is 44.7 Å². The van der Waals surface area contributed by atoms with Crippen LogP contribution in [0.25, 0.3) is 0 Å². The number of nitrogens with zero attached hydrogens (tertiary/aromatic N) is 2. The minimum Gasteiger partial charge on any atom is -0.462 e. The van der Waals surface area contributed by atoms with Gasteiger partial charge in [-0.1, -0.05) is 60.6 Å². The summed E-state index contributed by atoms with van der Waals surface area (Å²) in [5, 5.41) is 0.493. The Kier molecular flexibility index (Phi) is 6.11. The third-order valence-corrected chi connectivity index (χ3v) is 6.27. The van der Waals surface area contributed by atoms with Crippen molar-refractivity contribution in [2.24, 2.45) is 10.9 Å². The Balaban J connectivity index is 2.08. The Hall–Kier alpha value is -1.60. The van der Waals surface area contributed by atoms with Crippen LogP contribution in [0.15, 0.2) is 45.0 Å². The van der Waals surface area contributed by atoms with E-state index in [0.29, 0.717) is 23.0 Å². The van der Waals surface area contributed by atoms with E-state index in [0.717, 1.165) is 16.5 Å². The number of esters is 1. The van der Waals surface area contributed by atoms with Crippen molar-refractivity contribution in [1.29, 1.82) is 0 Å². The molecule has 1 amide bonds. The highest BCUT2D eigenvalue weighted by Gasteiger charge is 2.47. The molecule has 5 nitrogen and oxygen atoms in total. The van der Waals surface area contributed by atoms with Gasteiger partial charge >= 0.3 is 5.97 Å². The Morgan fingerprint density at radius 1 is 1.41 bits per heavy atom. The third-order valence-electron chi connectivity index (χ3n) is 4.45. The monoisotopic (exact) mass is 450 g/mol. The minimum absolute atomic E-state index is 0.00659. The largest absolute Gasteiger partial charge is 0.462 e. The van der Waals surface area contributed by atoms with Gasteiger partial charge in [-0.3, -0.25) is 9.69 Å². The van der Waals surface area contributed by atoms with E-state index in [2.05, 4.69) is 20.9 Å². The minimum atomic E-state index is -0.522. The smallest absolute Gasteiger partial charge is 0.338 e. The lowest BCUT2D eigenvalue weighted by molar-refractivity contribution is -0.141. The zero-order valence-corrected chi connectivity index (χ0v) is 18.3. The number of fused-ring (bicyclic) bond motifs is 1. The van der Waals surface area contributed by atoms with Crippen molar-refractivity contribution in [3.05, 3.63) is 45.6 Å². The average molecular weight is 451 g/mol. The van der Waals surface area contributed by atoms with Gasteiger partial charge < -0.3 is 4.74 Å². The van der Waals surface area contributed by atoms with E-state index in [9.17, 15) is 9.59 Å². The fourth-order valence-corrected chi connectivity index (χ4v) is 4.71. The number of allylic oxidation sites excluding steroid dienone is 1. The highest BCUT2D eigenvalue weighted by Crippen LogP contribution is 2.44. The molecule has 144 valence electrons.